The molecule has 3 heterocycles. The third-order valence-electron chi connectivity index (χ3n) is 3.97. The molecule has 154 valence electrons. The number of rotatable bonds is 8. The second-order valence-electron chi connectivity index (χ2n) is 6.33. The maximum atomic E-state index is 12.2. The van der Waals surface area contributed by atoms with Crippen LogP contribution in [0.1, 0.15) is 17.7 Å². The van der Waals surface area contributed by atoms with Gasteiger partial charge in [0.2, 0.25) is 11.8 Å². The van der Waals surface area contributed by atoms with E-state index in [0.29, 0.717) is 40.4 Å². The van der Waals surface area contributed by atoms with Crippen molar-refractivity contribution in [2.45, 2.75) is 19.2 Å². The summed E-state index contributed by atoms with van der Waals surface area (Å²) < 4.78 is 6.84. The van der Waals surface area contributed by atoms with Crippen molar-refractivity contribution in [3.05, 3.63) is 52.5 Å². The molecule has 0 fully saturated rings. The van der Waals surface area contributed by atoms with E-state index < -0.39 is 0 Å². The third-order valence-corrected chi connectivity index (χ3v) is 6.89. The minimum absolute atomic E-state index is 0.104. The molecule has 0 bridgehead atoms. The van der Waals surface area contributed by atoms with Crippen LogP contribution in [0.25, 0.3) is 21.7 Å². The number of nitrogens with zero attached hydrogens (tertiary/aromatic N) is 2. The van der Waals surface area contributed by atoms with E-state index >= 15 is 0 Å². The van der Waals surface area contributed by atoms with Gasteiger partial charge in [0, 0.05) is 18.1 Å². The summed E-state index contributed by atoms with van der Waals surface area (Å²) in [6, 6.07) is 11.6. The number of fused-ring (bicyclic) bond motifs is 1. The highest BCUT2D eigenvalue weighted by molar-refractivity contribution is 7.99. The number of hydrogen-bond acceptors (Lipinski definition) is 8. The molecule has 4 rings (SSSR count). The van der Waals surface area contributed by atoms with Crippen LogP contribution < -0.4 is 10.6 Å². The van der Waals surface area contributed by atoms with Crippen LogP contribution in [0.3, 0.4) is 0 Å². The van der Waals surface area contributed by atoms with Gasteiger partial charge in [0.1, 0.15) is 16.5 Å². The Morgan fingerprint density at radius 2 is 2.03 bits per heavy atom. The molecule has 2 amide bonds. The second kappa shape index (κ2) is 9.41. The van der Waals surface area contributed by atoms with Crippen molar-refractivity contribution in [2.24, 2.45) is 0 Å². The molecule has 0 spiro atoms. The normalized spacial score (nSPS) is 11.0. The number of carbonyl (C=O) groups is 2. The van der Waals surface area contributed by atoms with Crippen LogP contribution in [0.4, 0.5) is 5.13 Å². The number of thiazole rings is 2. The number of carbonyl (C=O) groups excluding carboxylic acids is 2. The van der Waals surface area contributed by atoms with Gasteiger partial charge >= 0.3 is 0 Å². The fraction of sp³-hybridized carbons (Fsp3) is 0.200. The molecule has 0 radical (unpaired) electrons. The quantitative estimate of drug-likeness (QED) is 0.403. The highest BCUT2D eigenvalue weighted by atomic mass is 32.2. The van der Waals surface area contributed by atoms with Crippen molar-refractivity contribution >= 4 is 61.6 Å². The molecule has 0 atom stereocenters. The molecule has 2 N–H and O–H groups in total. The van der Waals surface area contributed by atoms with E-state index in [1.165, 1.54) is 30.0 Å². The zero-order chi connectivity index (χ0) is 20.9. The highest BCUT2D eigenvalue weighted by Gasteiger charge is 2.12. The predicted molar refractivity (Wildman–Crippen MR) is 122 cm³/mol. The van der Waals surface area contributed by atoms with Crippen molar-refractivity contribution in [3.63, 3.8) is 0 Å². The lowest BCUT2D eigenvalue weighted by atomic mass is 10.3. The Bertz CT molecular complexity index is 1150. The molecular weight excluding hydrogens is 440 g/mol. The van der Waals surface area contributed by atoms with Crippen molar-refractivity contribution < 1.29 is 14.0 Å². The molecule has 0 unspecified atom stereocenters. The Kier molecular flexibility index (Phi) is 6.46. The van der Waals surface area contributed by atoms with Gasteiger partial charge in [-0.1, -0.05) is 12.1 Å². The van der Waals surface area contributed by atoms with Crippen molar-refractivity contribution in [2.75, 3.05) is 11.1 Å². The first-order valence-corrected chi connectivity index (χ1v) is 11.9. The second-order valence-corrected chi connectivity index (χ2v) is 9.29. The van der Waals surface area contributed by atoms with Gasteiger partial charge < -0.3 is 15.1 Å². The Hall–Kier alpha value is -2.69. The summed E-state index contributed by atoms with van der Waals surface area (Å²) >= 11 is 4.52. The molecular formula is C20H18N4O3S3. The molecule has 0 saturated heterocycles. The molecule has 30 heavy (non-hydrogen) atoms. The van der Waals surface area contributed by atoms with E-state index in [4.69, 9.17) is 4.42 Å². The van der Waals surface area contributed by atoms with E-state index in [0.717, 1.165) is 15.2 Å². The predicted octanol–water partition coefficient (Wildman–Crippen LogP) is 4.52. The summed E-state index contributed by atoms with van der Waals surface area (Å²) in [5.74, 6) is 2.04. The zero-order valence-electron chi connectivity index (χ0n) is 16.0. The number of thioether (sulfide) groups is 1. The van der Waals surface area contributed by atoms with E-state index in [-0.39, 0.29) is 11.8 Å². The molecule has 4 aromatic rings. The van der Waals surface area contributed by atoms with E-state index in [1.807, 2.05) is 23.6 Å². The SMILES string of the molecule is CC(=O)NCc1ccc(-c2csc(NC(=O)CSCc3nc4ccccc4s3)n2)o1. The Morgan fingerprint density at radius 1 is 1.17 bits per heavy atom. The van der Waals surface area contributed by atoms with Crippen LogP contribution in [0.15, 0.2) is 46.2 Å². The Morgan fingerprint density at radius 3 is 2.87 bits per heavy atom. The summed E-state index contributed by atoms with van der Waals surface area (Å²) in [6.45, 7) is 1.78. The monoisotopic (exact) mass is 458 g/mol. The summed E-state index contributed by atoms with van der Waals surface area (Å²) in [7, 11) is 0. The van der Waals surface area contributed by atoms with Crippen LogP contribution in [-0.4, -0.2) is 27.5 Å². The molecule has 7 nitrogen and oxygen atoms in total. The molecule has 0 aliphatic heterocycles. The van der Waals surface area contributed by atoms with Gasteiger partial charge in [0.05, 0.1) is 22.5 Å². The summed E-state index contributed by atoms with van der Waals surface area (Å²) in [5, 5.41) is 8.87. The lowest BCUT2D eigenvalue weighted by molar-refractivity contribution is -0.119. The molecule has 10 heteroatoms. The first kappa shape index (κ1) is 20.6. The van der Waals surface area contributed by atoms with E-state index in [1.54, 1.807) is 23.5 Å². The minimum Gasteiger partial charge on any atom is -0.458 e. The van der Waals surface area contributed by atoms with Gasteiger partial charge in [0.15, 0.2) is 10.9 Å². The molecule has 0 aliphatic carbocycles. The van der Waals surface area contributed by atoms with Crippen LogP contribution in [0, 0.1) is 0 Å². The summed E-state index contributed by atoms with van der Waals surface area (Å²) in [5.41, 5.74) is 1.64. The maximum Gasteiger partial charge on any atom is 0.236 e. The number of anilines is 1. The average Bonchev–Trinajstić information content (AvgIpc) is 3.45. The van der Waals surface area contributed by atoms with Gasteiger partial charge in [0.25, 0.3) is 0 Å². The highest BCUT2D eigenvalue weighted by Crippen LogP contribution is 2.27. The molecule has 0 saturated carbocycles. The van der Waals surface area contributed by atoms with Gasteiger partial charge in [-0.3, -0.25) is 9.59 Å². The lowest BCUT2D eigenvalue weighted by Crippen LogP contribution is -2.18. The van der Waals surface area contributed by atoms with E-state index in [2.05, 4.69) is 26.7 Å². The van der Waals surface area contributed by atoms with Gasteiger partial charge in [-0.25, -0.2) is 9.97 Å². The standard InChI is InChI=1S/C20H18N4O3S3/c1-12(25)21-8-13-6-7-16(27-13)15-9-29-20(23-15)24-18(26)10-28-11-19-22-14-4-2-3-5-17(14)30-19/h2-7,9H,8,10-11H2,1H3,(H,21,25)(H,23,24,26). The first-order chi connectivity index (χ1) is 14.6. The number of hydrogen-bond donors (Lipinski definition) is 2. The molecule has 1 aromatic carbocycles. The maximum absolute atomic E-state index is 12.2. The minimum atomic E-state index is -0.118. The fourth-order valence-corrected chi connectivity index (χ4v) is 5.20. The molecule has 0 aliphatic rings. The molecule has 3 aromatic heterocycles. The van der Waals surface area contributed by atoms with Crippen LogP contribution >= 0.6 is 34.4 Å². The first-order valence-electron chi connectivity index (χ1n) is 9.08. The lowest BCUT2D eigenvalue weighted by Gasteiger charge is -2.00. The largest absolute Gasteiger partial charge is 0.458 e. The average molecular weight is 459 g/mol. The van der Waals surface area contributed by atoms with Crippen LogP contribution in [0.5, 0.6) is 0 Å². The number of furan rings is 1. The fourth-order valence-electron chi connectivity index (χ4n) is 2.63. The topological polar surface area (TPSA) is 97.1 Å². The van der Waals surface area contributed by atoms with Crippen molar-refractivity contribution in [1.82, 2.24) is 15.3 Å². The third kappa shape index (κ3) is 5.26. The van der Waals surface area contributed by atoms with E-state index in [9.17, 15) is 9.59 Å². The van der Waals surface area contributed by atoms with Gasteiger partial charge in [-0.05, 0) is 24.3 Å². The van der Waals surface area contributed by atoms with Crippen molar-refractivity contribution in [1.29, 1.82) is 0 Å². The number of nitrogens with one attached hydrogen (secondary N) is 2. The van der Waals surface area contributed by atoms with Crippen LogP contribution in [0.2, 0.25) is 0 Å². The number of aromatic nitrogens is 2. The number of para-hydroxylation sites is 1. The number of benzene rings is 1. The van der Waals surface area contributed by atoms with Crippen LogP contribution in [-0.2, 0) is 21.9 Å². The Labute approximate surface area is 184 Å². The Balaban J connectivity index is 1.27. The van der Waals surface area contributed by atoms with Gasteiger partial charge in [-0.15, -0.1) is 34.4 Å². The summed E-state index contributed by atoms with van der Waals surface area (Å²) in [4.78, 5) is 32.2. The summed E-state index contributed by atoms with van der Waals surface area (Å²) in [6.07, 6.45) is 0. The van der Waals surface area contributed by atoms with Crippen molar-refractivity contribution in [3.8, 4) is 11.5 Å². The van der Waals surface area contributed by atoms with Gasteiger partial charge in [-0.2, -0.15) is 0 Å². The smallest absolute Gasteiger partial charge is 0.236 e. The number of amides is 2. The zero-order valence-corrected chi connectivity index (χ0v) is 18.5.